The first-order valence-corrected chi connectivity index (χ1v) is 14.9. The molecule has 3 nitrogen and oxygen atoms in total. The minimum Gasteiger partial charge on any atom is -0.311 e. The quantitative estimate of drug-likeness (QED) is 0.201. The average Bonchev–Trinajstić information content (AvgIpc) is 3.45. The molecule has 0 radical (unpaired) electrons. The molecule has 0 aliphatic rings. The highest BCUT2D eigenvalue weighted by molar-refractivity contribution is 6.09. The molecule has 0 N–H and O–H groups in total. The summed E-state index contributed by atoms with van der Waals surface area (Å²) in [6, 6.07) is 60.1. The third kappa shape index (κ3) is 4.61. The molecule has 0 saturated heterocycles. The van der Waals surface area contributed by atoms with Gasteiger partial charge in [0.15, 0.2) is 0 Å². The van der Waals surface area contributed by atoms with Crippen LogP contribution in [0.1, 0.15) is 0 Å². The van der Waals surface area contributed by atoms with Crippen LogP contribution in [0.3, 0.4) is 0 Å². The van der Waals surface area contributed by atoms with E-state index in [1.165, 1.54) is 32.9 Å². The summed E-state index contributed by atoms with van der Waals surface area (Å²) in [5.74, 6) is 0. The summed E-state index contributed by atoms with van der Waals surface area (Å²) in [6.07, 6.45) is 1.84. The highest BCUT2D eigenvalue weighted by Crippen LogP contribution is 2.38. The number of nitrogens with zero attached hydrogens (tertiary/aromatic N) is 3. The van der Waals surface area contributed by atoms with E-state index in [-0.39, 0.29) is 0 Å². The molecule has 0 amide bonds. The second kappa shape index (κ2) is 11.0. The van der Waals surface area contributed by atoms with E-state index >= 15 is 0 Å². The van der Waals surface area contributed by atoms with Gasteiger partial charge in [-0.2, -0.15) is 0 Å². The lowest BCUT2D eigenvalue weighted by Crippen LogP contribution is -2.10. The van der Waals surface area contributed by atoms with Crippen molar-refractivity contribution >= 4 is 38.9 Å². The van der Waals surface area contributed by atoms with Crippen molar-refractivity contribution in [2.45, 2.75) is 0 Å². The maximum atomic E-state index is 4.54. The van der Waals surface area contributed by atoms with E-state index in [0.717, 1.165) is 34.0 Å². The molecule has 0 bridgehead atoms. The highest BCUT2D eigenvalue weighted by atomic mass is 15.1. The van der Waals surface area contributed by atoms with Gasteiger partial charge in [0.2, 0.25) is 0 Å². The van der Waals surface area contributed by atoms with Gasteiger partial charge >= 0.3 is 0 Å². The fourth-order valence-corrected chi connectivity index (χ4v) is 6.15. The van der Waals surface area contributed by atoms with Crippen molar-refractivity contribution in [3.05, 3.63) is 176 Å². The molecule has 3 heteroatoms. The number of fused-ring (bicyclic) bond motifs is 3. The number of hydrogen-bond donors (Lipinski definition) is 0. The molecule has 8 rings (SSSR count). The fraction of sp³-hybridized carbons (Fsp3) is 0. The Hall–Kier alpha value is -5.93. The molecule has 8 aromatic rings. The van der Waals surface area contributed by atoms with Crippen molar-refractivity contribution in [1.82, 2.24) is 9.55 Å². The Morgan fingerprint density at radius 1 is 0.386 bits per heavy atom. The van der Waals surface area contributed by atoms with Gasteiger partial charge in [-0.15, -0.1) is 0 Å². The van der Waals surface area contributed by atoms with E-state index in [2.05, 4.69) is 166 Å². The average molecular weight is 564 g/mol. The molecule has 0 fully saturated rings. The Balaban J connectivity index is 1.22. The maximum Gasteiger partial charge on any atom is 0.0701 e. The van der Waals surface area contributed by atoms with Crippen molar-refractivity contribution in [2.75, 3.05) is 4.90 Å². The minimum atomic E-state index is 0.966. The van der Waals surface area contributed by atoms with Gasteiger partial charge in [0.25, 0.3) is 0 Å². The zero-order chi connectivity index (χ0) is 29.3. The lowest BCUT2D eigenvalue weighted by molar-refractivity contribution is 1.17. The predicted molar refractivity (Wildman–Crippen MR) is 184 cm³/mol. The van der Waals surface area contributed by atoms with Gasteiger partial charge in [0, 0.05) is 45.3 Å². The highest BCUT2D eigenvalue weighted by Gasteiger charge is 2.15. The number of rotatable bonds is 6. The second-order valence-electron chi connectivity index (χ2n) is 10.9. The number of aromatic nitrogens is 2. The maximum absolute atomic E-state index is 4.54. The van der Waals surface area contributed by atoms with Gasteiger partial charge in [-0.1, -0.05) is 97.1 Å². The van der Waals surface area contributed by atoms with E-state index in [1.54, 1.807) is 0 Å². The third-order valence-corrected chi connectivity index (χ3v) is 8.26. The lowest BCUT2D eigenvalue weighted by atomic mass is 10.0. The van der Waals surface area contributed by atoms with Crippen LogP contribution in [0.15, 0.2) is 176 Å². The first-order valence-electron chi connectivity index (χ1n) is 14.9. The molecule has 0 spiro atoms. The Morgan fingerprint density at radius 2 is 0.864 bits per heavy atom. The Bertz CT molecular complexity index is 2040. The van der Waals surface area contributed by atoms with E-state index < -0.39 is 0 Å². The Kier molecular flexibility index (Phi) is 6.47. The first-order chi connectivity index (χ1) is 21.8. The SMILES string of the molecule is c1ccc(-c2ccc(N(c3ccc(-c4ccccn4)cc3)c3ccc(-n4c5ccccc5c5ccccc54)cc3)cc2)cc1. The van der Waals surface area contributed by atoms with Gasteiger partial charge in [-0.05, 0) is 83.9 Å². The standard InChI is InChI=1S/C41H29N3/c1-2-10-30(11-3-1)31-17-21-33(22-18-31)43(34-23-19-32(20-24-34)39-14-8-9-29-42-39)35-25-27-36(28-26-35)44-40-15-6-4-12-37(40)38-13-5-7-16-41(38)44/h1-29H. The zero-order valence-electron chi connectivity index (χ0n) is 24.1. The molecule has 0 aliphatic carbocycles. The minimum absolute atomic E-state index is 0.966. The fourth-order valence-electron chi connectivity index (χ4n) is 6.15. The summed E-state index contributed by atoms with van der Waals surface area (Å²) >= 11 is 0. The molecule has 2 aromatic heterocycles. The normalized spacial score (nSPS) is 11.2. The van der Waals surface area contributed by atoms with E-state index in [0.29, 0.717) is 0 Å². The molecule has 0 unspecified atom stereocenters. The van der Waals surface area contributed by atoms with Crippen molar-refractivity contribution in [1.29, 1.82) is 0 Å². The van der Waals surface area contributed by atoms with Crippen LogP contribution >= 0.6 is 0 Å². The van der Waals surface area contributed by atoms with Crippen LogP contribution in [0, 0.1) is 0 Å². The lowest BCUT2D eigenvalue weighted by Gasteiger charge is -2.26. The summed E-state index contributed by atoms with van der Waals surface area (Å²) in [4.78, 5) is 6.85. The molecule has 0 atom stereocenters. The van der Waals surface area contributed by atoms with Gasteiger partial charge in [0.05, 0.1) is 16.7 Å². The summed E-state index contributed by atoms with van der Waals surface area (Å²) in [6.45, 7) is 0. The number of pyridine rings is 1. The summed E-state index contributed by atoms with van der Waals surface area (Å²) < 4.78 is 2.36. The molecule has 0 aliphatic heterocycles. The molecule has 208 valence electrons. The van der Waals surface area contributed by atoms with Crippen LogP contribution < -0.4 is 4.90 Å². The molecule has 44 heavy (non-hydrogen) atoms. The molecule has 2 heterocycles. The smallest absolute Gasteiger partial charge is 0.0701 e. The van der Waals surface area contributed by atoms with Gasteiger partial charge in [-0.3, -0.25) is 4.98 Å². The number of hydrogen-bond acceptors (Lipinski definition) is 2. The topological polar surface area (TPSA) is 21.1 Å². The summed E-state index contributed by atoms with van der Waals surface area (Å²) in [5.41, 5.74) is 11.3. The molecule has 0 saturated carbocycles. The summed E-state index contributed by atoms with van der Waals surface area (Å²) in [5, 5.41) is 2.53. The van der Waals surface area contributed by atoms with E-state index in [1.807, 2.05) is 24.4 Å². The largest absolute Gasteiger partial charge is 0.311 e. The number of benzene rings is 6. The van der Waals surface area contributed by atoms with Crippen molar-refractivity contribution in [3.8, 4) is 28.1 Å². The zero-order valence-corrected chi connectivity index (χ0v) is 24.1. The van der Waals surface area contributed by atoms with Gasteiger partial charge < -0.3 is 9.47 Å². The van der Waals surface area contributed by atoms with Crippen LogP contribution in [-0.4, -0.2) is 9.55 Å². The van der Waals surface area contributed by atoms with Crippen molar-refractivity contribution in [3.63, 3.8) is 0 Å². The first kappa shape index (κ1) is 25.8. The number of para-hydroxylation sites is 2. The van der Waals surface area contributed by atoms with Crippen molar-refractivity contribution < 1.29 is 0 Å². The summed E-state index contributed by atoms with van der Waals surface area (Å²) in [7, 11) is 0. The van der Waals surface area contributed by atoms with Crippen LogP contribution in [-0.2, 0) is 0 Å². The van der Waals surface area contributed by atoms with Crippen LogP contribution in [0.4, 0.5) is 17.1 Å². The number of anilines is 3. The second-order valence-corrected chi connectivity index (χ2v) is 10.9. The van der Waals surface area contributed by atoms with Crippen molar-refractivity contribution in [2.24, 2.45) is 0 Å². The predicted octanol–water partition coefficient (Wildman–Crippen LogP) is 11.0. The van der Waals surface area contributed by atoms with Gasteiger partial charge in [0.1, 0.15) is 0 Å². The molecular weight excluding hydrogens is 534 g/mol. The van der Waals surface area contributed by atoms with Crippen LogP contribution in [0.5, 0.6) is 0 Å². The Labute approximate surface area is 256 Å². The Morgan fingerprint density at radius 3 is 1.43 bits per heavy atom. The van der Waals surface area contributed by atoms with E-state index in [9.17, 15) is 0 Å². The monoisotopic (exact) mass is 563 g/mol. The third-order valence-electron chi connectivity index (χ3n) is 8.26. The van der Waals surface area contributed by atoms with Crippen LogP contribution in [0.25, 0.3) is 49.9 Å². The van der Waals surface area contributed by atoms with Crippen LogP contribution in [0.2, 0.25) is 0 Å². The molecule has 6 aromatic carbocycles. The molecular formula is C41H29N3. The van der Waals surface area contributed by atoms with Gasteiger partial charge in [-0.25, -0.2) is 0 Å². The van der Waals surface area contributed by atoms with E-state index in [4.69, 9.17) is 0 Å².